The van der Waals surface area contributed by atoms with E-state index >= 15 is 4.39 Å². The largest absolute Gasteiger partial charge is 0.432 e. The lowest BCUT2D eigenvalue weighted by Crippen LogP contribution is -2.51. The first-order valence-electron chi connectivity index (χ1n) is 12.1. The SMILES string of the molecule is CCC(=O)NCc1ccc(C(=O)Nc2c(C)cc(C(F)(C(C)(F)F)C(F)(F)F)cc2CC)cc1-n1cccn1. The van der Waals surface area contributed by atoms with Crippen LogP contribution in [0.15, 0.2) is 48.8 Å². The molecule has 0 saturated heterocycles. The second-order valence-electron chi connectivity index (χ2n) is 9.10. The number of alkyl halides is 6. The van der Waals surface area contributed by atoms with E-state index in [1.54, 1.807) is 32.2 Å². The van der Waals surface area contributed by atoms with Crippen LogP contribution in [0.25, 0.3) is 5.69 Å². The van der Waals surface area contributed by atoms with Crippen molar-refractivity contribution in [3.05, 3.63) is 76.6 Å². The zero-order valence-corrected chi connectivity index (χ0v) is 21.7. The number of hydrogen-bond donors (Lipinski definition) is 2. The van der Waals surface area contributed by atoms with E-state index in [1.807, 2.05) is 0 Å². The molecule has 0 aliphatic rings. The average Bonchev–Trinajstić information content (AvgIpc) is 3.41. The number of benzene rings is 2. The predicted octanol–water partition coefficient (Wildman–Crippen LogP) is 6.40. The molecule has 0 aliphatic heterocycles. The molecule has 0 fully saturated rings. The van der Waals surface area contributed by atoms with Crippen LogP contribution in [0, 0.1) is 6.92 Å². The number of aryl methyl sites for hydroxylation is 2. The quantitative estimate of drug-likeness (QED) is 0.301. The highest BCUT2D eigenvalue weighted by atomic mass is 19.4. The molecule has 3 rings (SSSR count). The molecule has 6 nitrogen and oxygen atoms in total. The van der Waals surface area contributed by atoms with Gasteiger partial charge in [-0.2, -0.15) is 18.3 Å². The Hall–Kier alpha value is -3.83. The Morgan fingerprint density at radius 2 is 1.69 bits per heavy atom. The van der Waals surface area contributed by atoms with Gasteiger partial charge in [0, 0.05) is 49.1 Å². The van der Waals surface area contributed by atoms with E-state index in [1.165, 1.54) is 29.9 Å². The van der Waals surface area contributed by atoms with Gasteiger partial charge in [0.15, 0.2) is 0 Å². The van der Waals surface area contributed by atoms with Crippen molar-refractivity contribution in [1.29, 1.82) is 0 Å². The summed E-state index contributed by atoms with van der Waals surface area (Å²) in [5.41, 5.74) is -4.70. The number of halogens is 6. The van der Waals surface area contributed by atoms with Gasteiger partial charge in [0.1, 0.15) is 0 Å². The highest BCUT2D eigenvalue weighted by Gasteiger charge is 2.70. The average molecular weight is 555 g/mol. The fourth-order valence-electron chi connectivity index (χ4n) is 4.17. The van der Waals surface area contributed by atoms with E-state index in [0.29, 0.717) is 23.4 Å². The first-order chi connectivity index (χ1) is 18.1. The van der Waals surface area contributed by atoms with Crippen LogP contribution in [-0.2, 0) is 23.4 Å². The molecule has 2 N–H and O–H groups in total. The lowest BCUT2D eigenvalue weighted by Gasteiger charge is -2.34. The molecule has 1 heterocycles. The van der Waals surface area contributed by atoms with Crippen LogP contribution in [0.3, 0.4) is 0 Å². The molecule has 0 bridgehead atoms. The lowest BCUT2D eigenvalue weighted by atomic mass is 9.86. The van der Waals surface area contributed by atoms with Crippen molar-refractivity contribution in [2.24, 2.45) is 0 Å². The zero-order valence-electron chi connectivity index (χ0n) is 21.7. The van der Waals surface area contributed by atoms with E-state index in [0.717, 1.165) is 0 Å². The first-order valence-corrected chi connectivity index (χ1v) is 12.1. The molecule has 0 radical (unpaired) electrons. The molecule has 0 spiro atoms. The van der Waals surface area contributed by atoms with E-state index in [2.05, 4.69) is 15.7 Å². The molecule has 0 saturated carbocycles. The second-order valence-corrected chi connectivity index (χ2v) is 9.10. The Morgan fingerprint density at radius 1 is 1.00 bits per heavy atom. The van der Waals surface area contributed by atoms with Crippen molar-refractivity contribution in [1.82, 2.24) is 15.1 Å². The fraction of sp³-hybridized carbons (Fsp3) is 0.370. The van der Waals surface area contributed by atoms with Crippen molar-refractivity contribution in [2.45, 2.75) is 64.8 Å². The van der Waals surface area contributed by atoms with E-state index < -0.39 is 29.2 Å². The molecule has 39 heavy (non-hydrogen) atoms. The Labute approximate surface area is 221 Å². The standard InChI is InChI=1S/C27H28F6N4O2/c1-5-17-13-20(26(30,25(4,28)29)27(31,32)33)12-16(3)23(17)36-24(39)18-8-9-19(15-34-22(38)6-2)21(14-18)37-11-7-10-35-37/h7-14H,5-6,15H2,1-4H3,(H,34,38)(H,36,39). The Kier molecular flexibility index (Phi) is 8.47. The normalized spacial score (nSPS) is 13.6. The van der Waals surface area contributed by atoms with Crippen LogP contribution in [0.5, 0.6) is 0 Å². The number of hydrogen-bond acceptors (Lipinski definition) is 3. The monoisotopic (exact) mass is 554 g/mol. The maximum absolute atomic E-state index is 15.0. The van der Waals surface area contributed by atoms with Gasteiger partial charge in [-0.3, -0.25) is 9.59 Å². The maximum Gasteiger partial charge on any atom is 0.432 e. The number of rotatable bonds is 9. The highest BCUT2D eigenvalue weighted by Crippen LogP contribution is 2.53. The van der Waals surface area contributed by atoms with Crippen LogP contribution < -0.4 is 10.6 Å². The van der Waals surface area contributed by atoms with E-state index in [4.69, 9.17) is 0 Å². The number of amides is 2. The van der Waals surface area contributed by atoms with Gasteiger partial charge in [0.2, 0.25) is 5.91 Å². The van der Waals surface area contributed by atoms with E-state index in [-0.39, 0.29) is 54.6 Å². The fourth-order valence-corrected chi connectivity index (χ4v) is 4.17. The number of anilines is 1. The topological polar surface area (TPSA) is 76.0 Å². The predicted molar refractivity (Wildman–Crippen MR) is 134 cm³/mol. The first kappa shape index (κ1) is 29.7. The summed E-state index contributed by atoms with van der Waals surface area (Å²) in [6.45, 7) is 4.61. The third-order valence-electron chi connectivity index (χ3n) is 6.33. The lowest BCUT2D eigenvalue weighted by molar-refractivity contribution is -0.304. The minimum Gasteiger partial charge on any atom is -0.352 e. The van der Waals surface area contributed by atoms with Crippen molar-refractivity contribution >= 4 is 17.5 Å². The summed E-state index contributed by atoms with van der Waals surface area (Å²) in [5, 5.41) is 9.56. The number of carbonyl (C=O) groups is 2. The van der Waals surface area contributed by atoms with Crippen molar-refractivity contribution in [3.8, 4) is 5.69 Å². The molecule has 210 valence electrons. The van der Waals surface area contributed by atoms with Gasteiger partial charge in [0.25, 0.3) is 17.5 Å². The van der Waals surface area contributed by atoms with Gasteiger partial charge >= 0.3 is 6.18 Å². The van der Waals surface area contributed by atoms with Gasteiger partial charge in [-0.05, 0) is 54.3 Å². The van der Waals surface area contributed by atoms with Crippen LogP contribution in [0.1, 0.15) is 59.8 Å². The van der Waals surface area contributed by atoms with Crippen molar-refractivity contribution < 1.29 is 35.9 Å². The Balaban J connectivity index is 2.00. The zero-order chi connectivity index (χ0) is 29.2. The Bertz CT molecular complexity index is 1330. The van der Waals surface area contributed by atoms with Crippen molar-refractivity contribution in [3.63, 3.8) is 0 Å². The summed E-state index contributed by atoms with van der Waals surface area (Å²) in [6, 6.07) is 7.71. The number of aromatic nitrogens is 2. The third-order valence-corrected chi connectivity index (χ3v) is 6.33. The van der Waals surface area contributed by atoms with Gasteiger partial charge in [-0.1, -0.05) is 26.0 Å². The molecule has 0 aliphatic carbocycles. The number of nitrogens with one attached hydrogen (secondary N) is 2. The van der Waals surface area contributed by atoms with Crippen LogP contribution in [0.4, 0.5) is 32.0 Å². The maximum atomic E-state index is 15.0. The molecular formula is C27H28F6N4O2. The highest BCUT2D eigenvalue weighted by molar-refractivity contribution is 6.05. The van der Waals surface area contributed by atoms with Gasteiger partial charge < -0.3 is 10.6 Å². The molecule has 1 unspecified atom stereocenters. The summed E-state index contributed by atoms with van der Waals surface area (Å²) < 4.78 is 85.1. The van der Waals surface area contributed by atoms with E-state index in [9.17, 15) is 31.5 Å². The van der Waals surface area contributed by atoms with Crippen LogP contribution in [0.2, 0.25) is 0 Å². The molecule has 2 aromatic carbocycles. The van der Waals surface area contributed by atoms with Gasteiger partial charge in [-0.25, -0.2) is 17.9 Å². The third kappa shape index (κ3) is 5.94. The summed E-state index contributed by atoms with van der Waals surface area (Å²) in [5.74, 6) is -5.56. The van der Waals surface area contributed by atoms with Crippen LogP contribution >= 0.6 is 0 Å². The summed E-state index contributed by atoms with van der Waals surface area (Å²) in [4.78, 5) is 24.9. The summed E-state index contributed by atoms with van der Waals surface area (Å²) >= 11 is 0. The molecule has 1 atom stereocenters. The second kappa shape index (κ2) is 11.1. The molecule has 3 aromatic rings. The van der Waals surface area contributed by atoms with Gasteiger partial charge in [0.05, 0.1) is 5.69 Å². The van der Waals surface area contributed by atoms with Crippen LogP contribution in [-0.4, -0.2) is 33.7 Å². The molecule has 2 amide bonds. The summed E-state index contributed by atoms with van der Waals surface area (Å²) in [7, 11) is 0. The van der Waals surface area contributed by atoms with Crippen molar-refractivity contribution in [2.75, 3.05) is 5.32 Å². The Morgan fingerprint density at radius 3 is 2.23 bits per heavy atom. The molecule has 12 heteroatoms. The minimum absolute atomic E-state index is 0.0144. The van der Waals surface area contributed by atoms with Gasteiger partial charge in [-0.15, -0.1) is 0 Å². The number of nitrogens with zero attached hydrogens (tertiary/aromatic N) is 2. The number of carbonyl (C=O) groups excluding carboxylic acids is 2. The smallest absolute Gasteiger partial charge is 0.352 e. The minimum atomic E-state index is -5.88. The summed E-state index contributed by atoms with van der Waals surface area (Å²) in [6.07, 6.45) is -2.38. The molecule has 1 aromatic heterocycles. The molecular weight excluding hydrogens is 526 g/mol.